The van der Waals surface area contributed by atoms with E-state index in [2.05, 4.69) is 20.5 Å². The van der Waals surface area contributed by atoms with Crippen molar-refractivity contribution in [3.8, 4) is 22.9 Å². The molecule has 138 valence electrons. The molecule has 1 atom stereocenters. The Hall–Kier alpha value is -3.00. The fourth-order valence-corrected chi connectivity index (χ4v) is 3.29. The molecule has 3 aromatic rings. The van der Waals surface area contributed by atoms with Gasteiger partial charge in [-0.1, -0.05) is 41.6 Å². The van der Waals surface area contributed by atoms with Crippen LogP contribution in [0.4, 0.5) is 5.69 Å². The van der Waals surface area contributed by atoms with Crippen LogP contribution >= 0.6 is 11.8 Å². The van der Waals surface area contributed by atoms with Crippen LogP contribution in [0.5, 0.6) is 11.5 Å². The summed E-state index contributed by atoms with van der Waals surface area (Å²) in [7, 11) is 0. The number of nitrogens with zero attached hydrogens (tertiary/aromatic N) is 2. The maximum Gasteiger partial charge on any atom is 0.237 e. The van der Waals surface area contributed by atoms with E-state index in [0.717, 1.165) is 5.56 Å². The van der Waals surface area contributed by atoms with Crippen molar-refractivity contribution < 1.29 is 14.3 Å². The summed E-state index contributed by atoms with van der Waals surface area (Å²) in [5.74, 6) is 1.85. The first-order chi connectivity index (χ1) is 13.1. The zero-order valence-corrected chi connectivity index (χ0v) is 15.7. The monoisotopic (exact) mass is 382 g/mol. The van der Waals surface area contributed by atoms with Gasteiger partial charge in [0.05, 0.1) is 5.25 Å². The van der Waals surface area contributed by atoms with E-state index < -0.39 is 0 Å². The Morgan fingerprint density at radius 3 is 2.78 bits per heavy atom. The summed E-state index contributed by atoms with van der Waals surface area (Å²) in [6.45, 7) is 4.05. The quantitative estimate of drug-likeness (QED) is 0.655. The lowest BCUT2D eigenvalue weighted by Gasteiger charge is -2.10. The Morgan fingerprint density at radius 2 is 1.96 bits per heavy atom. The molecule has 0 spiro atoms. The van der Waals surface area contributed by atoms with Crippen molar-refractivity contribution in [1.82, 2.24) is 15.2 Å². The summed E-state index contributed by atoms with van der Waals surface area (Å²) in [6.07, 6.45) is 0. The van der Waals surface area contributed by atoms with E-state index in [1.807, 2.05) is 38.1 Å². The maximum atomic E-state index is 12.5. The second-order valence-electron chi connectivity index (χ2n) is 6.15. The highest BCUT2D eigenvalue weighted by atomic mass is 32.2. The van der Waals surface area contributed by atoms with Crippen molar-refractivity contribution in [3.05, 3.63) is 48.0 Å². The average Bonchev–Trinajstić information content (AvgIpc) is 3.31. The molecular weight excluding hydrogens is 364 g/mol. The number of hydrogen-bond donors (Lipinski definition) is 2. The normalized spacial score (nSPS) is 13.4. The fourth-order valence-electron chi connectivity index (χ4n) is 2.57. The number of aromatic nitrogens is 3. The number of fused-ring (bicyclic) bond motifs is 1. The third kappa shape index (κ3) is 3.90. The highest BCUT2D eigenvalue weighted by Gasteiger charge is 2.19. The van der Waals surface area contributed by atoms with Gasteiger partial charge in [-0.3, -0.25) is 9.89 Å². The fraction of sp³-hybridized carbons (Fsp3) is 0.211. The predicted molar refractivity (Wildman–Crippen MR) is 103 cm³/mol. The number of benzene rings is 2. The van der Waals surface area contributed by atoms with Crippen LogP contribution in [0.3, 0.4) is 0 Å². The molecule has 1 aromatic heterocycles. The number of carbonyl (C=O) groups excluding carboxylic acids is 1. The molecule has 2 heterocycles. The number of hydrogen-bond acceptors (Lipinski definition) is 6. The summed E-state index contributed by atoms with van der Waals surface area (Å²) >= 11 is 1.29. The predicted octanol–water partition coefficient (Wildman–Crippen LogP) is 3.63. The van der Waals surface area contributed by atoms with Crippen LogP contribution in [-0.4, -0.2) is 33.1 Å². The summed E-state index contributed by atoms with van der Waals surface area (Å²) in [5.41, 5.74) is 2.80. The molecule has 0 saturated heterocycles. The number of ether oxygens (including phenoxy) is 2. The van der Waals surface area contributed by atoms with Gasteiger partial charge in [0.25, 0.3) is 0 Å². The van der Waals surface area contributed by atoms with E-state index in [9.17, 15) is 4.79 Å². The second kappa shape index (κ2) is 7.32. The van der Waals surface area contributed by atoms with Gasteiger partial charge in [0.2, 0.25) is 17.9 Å². The minimum absolute atomic E-state index is 0.138. The van der Waals surface area contributed by atoms with Gasteiger partial charge in [0, 0.05) is 17.3 Å². The summed E-state index contributed by atoms with van der Waals surface area (Å²) in [6, 6.07) is 13.3. The van der Waals surface area contributed by atoms with Crippen LogP contribution < -0.4 is 14.8 Å². The molecular formula is C19H18N4O3S. The lowest BCUT2D eigenvalue weighted by molar-refractivity contribution is -0.115. The van der Waals surface area contributed by atoms with Crippen LogP contribution in [0.2, 0.25) is 0 Å². The zero-order chi connectivity index (χ0) is 18.8. The van der Waals surface area contributed by atoms with Gasteiger partial charge in [-0.2, -0.15) is 0 Å². The van der Waals surface area contributed by atoms with Gasteiger partial charge in [-0.05, 0) is 26.0 Å². The number of rotatable bonds is 5. The van der Waals surface area contributed by atoms with E-state index >= 15 is 0 Å². The number of aromatic amines is 1. The second-order valence-corrected chi connectivity index (χ2v) is 7.46. The smallest absolute Gasteiger partial charge is 0.237 e. The summed E-state index contributed by atoms with van der Waals surface area (Å²) in [5, 5.41) is 10.2. The van der Waals surface area contributed by atoms with E-state index in [0.29, 0.717) is 28.2 Å². The number of anilines is 1. The highest BCUT2D eigenvalue weighted by molar-refractivity contribution is 8.00. The van der Waals surface area contributed by atoms with E-state index in [-0.39, 0.29) is 18.0 Å². The molecule has 0 fully saturated rings. The maximum absolute atomic E-state index is 12.5. The first-order valence-electron chi connectivity index (χ1n) is 8.45. The molecule has 2 N–H and O–H groups in total. The van der Waals surface area contributed by atoms with Crippen LogP contribution in [0.25, 0.3) is 11.4 Å². The van der Waals surface area contributed by atoms with Gasteiger partial charge in [0.15, 0.2) is 17.3 Å². The molecule has 8 heteroatoms. The molecule has 0 radical (unpaired) electrons. The van der Waals surface area contributed by atoms with Crippen LogP contribution in [-0.2, 0) is 4.79 Å². The van der Waals surface area contributed by atoms with E-state index in [1.54, 1.807) is 18.2 Å². The molecule has 0 unspecified atom stereocenters. The van der Waals surface area contributed by atoms with Gasteiger partial charge in [-0.25, -0.2) is 4.98 Å². The molecule has 27 heavy (non-hydrogen) atoms. The lowest BCUT2D eigenvalue weighted by Crippen LogP contribution is -2.22. The largest absolute Gasteiger partial charge is 0.454 e. The number of carbonyl (C=O) groups is 1. The molecule has 0 bridgehead atoms. The summed E-state index contributed by atoms with van der Waals surface area (Å²) in [4.78, 5) is 16.9. The van der Waals surface area contributed by atoms with Gasteiger partial charge in [0.1, 0.15) is 0 Å². The van der Waals surface area contributed by atoms with E-state index in [4.69, 9.17) is 9.47 Å². The Labute approximate surface area is 160 Å². The van der Waals surface area contributed by atoms with Crippen molar-refractivity contribution in [2.45, 2.75) is 24.3 Å². The van der Waals surface area contributed by atoms with Gasteiger partial charge in [-0.15, -0.1) is 5.10 Å². The van der Waals surface area contributed by atoms with Crippen molar-refractivity contribution in [2.24, 2.45) is 0 Å². The third-order valence-corrected chi connectivity index (χ3v) is 5.04. The van der Waals surface area contributed by atoms with Crippen molar-refractivity contribution in [1.29, 1.82) is 0 Å². The number of thioether (sulfide) groups is 1. The number of H-pyrrole nitrogens is 1. The Bertz CT molecular complexity index is 971. The van der Waals surface area contributed by atoms with Crippen LogP contribution in [0.15, 0.2) is 47.6 Å². The van der Waals surface area contributed by atoms with Gasteiger partial charge >= 0.3 is 0 Å². The van der Waals surface area contributed by atoms with E-state index in [1.165, 1.54) is 17.3 Å². The molecule has 1 amide bonds. The summed E-state index contributed by atoms with van der Waals surface area (Å²) < 4.78 is 10.6. The van der Waals surface area contributed by atoms with Crippen molar-refractivity contribution in [3.63, 3.8) is 0 Å². The molecule has 4 rings (SSSR count). The Kier molecular flexibility index (Phi) is 4.72. The van der Waals surface area contributed by atoms with Gasteiger partial charge < -0.3 is 14.8 Å². The van der Waals surface area contributed by atoms with Crippen LogP contribution in [0.1, 0.15) is 12.5 Å². The first kappa shape index (κ1) is 17.4. The topological polar surface area (TPSA) is 89.1 Å². The number of amides is 1. The Morgan fingerprint density at radius 1 is 1.19 bits per heavy atom. The minimum Gasteiger partial charge on any atom is -0.454 e. The lowest BCUT2D eigenvalue weighted by atomic mass is 10.1. The molecule has 1 aliphatic rings. The third-order valence-electron chi connectivity index (χ3n) is 4.08. The van der Waals surface area contributed by atoms with Crippen molar-refractivity contribution in [2.75, 3.05) is 12.1 Å². The van der Waals surface area contributed by atoms with Crippen molar-refractivity contribution >= 4 is 23.4 Å². The first-order valence-corrected chi connectivity index (χ1v) is 9.33. The SMILES string of the molecule is Cc1ccc(-c2nc(S[C@@H](C)C(=O)Nc3ccc4c(c3)OCO4)n[nH]2)cc1. The number of aryl methyl sites for hydroxylation is 1. The molecule has 7 nitrogen and oxygen atoms in total. The Balaban J connectivity index is 1.39. The number of nitrogens with one attached hydrogen (secondary N) is 2. The standard InChI is InChI=1S/C19H18N4O3S/c1-11-3-5-13(6-4-11)17-21-19(23-22-17)27-12(2)18(24)20-14-7-8-15-16(9-14)26-10-25-15/h3-9,12H,10H2,1-2H3,(H,20,24)(H,21,22,23)/t12-/m0/s1. The minimum atomic E-state index is -0.364. The van der Waals surface area contributed by atoms with Crippen LogP contribution in [0, 0.1) is 6.92 Å². The average molecular weight is 382 g/mol. The molecule has 0 saturated carbocycles. The zero-order valence-electron chi connectivity index (χ0n) is 14.9. The molecule has 0 aliphatic carbocycles. The molecule has 2 aromatic carbocycles. The molecule has 1 aliphatic heterocycles. The highest BCUT2D eigenvalue weighted by Crippen LogP contribution is 2.34.